The number of nitrogens with zero attached hydrogens (tertiary/aromatic N) is 3. The van der Waals surface area contributed by atoms with Crippen LogP contribution in [0.3, 0.4) is 0 Å². The van der Waals surface area contributed by atoms with Crippen LogP contribution in [-0.2, 0) is 9.53 Å². The highest BCUT2D eigenvalue weighted by Gasteiger charge is 2.35. The molecule has 0 bridgehead atoms. The lowest BCUT2D eigenvalue weighted by Gasteiger charge is -2.26. The minimum atomic E-state index is -0.716. The number of carbonyl (C=O) groups excluding carboxylic acids is 1. The molecule has 1 aliphatic rings. The second kappa shape index (κ2) is 10.5. The Bertz CT molecular complexity index is 1740. The SMILES string of the molecule is CCOC(=O)C1=C(C)N=c2sc(=Cc3cn(C(C)C)c4ccccc34)c(=O)n2C1c1ccccc1OCC. The number of hydrogen-bond acceptors (Lipinski definition) is 6. The Labute approximate surface area is 225 Å². The Kier molecular flexibility index (Phi) is 7.08. The van der Waals surface area contributed by atoms with E-state index in [1.165, 1.54) is 11.3 Å². The van der Waals surface area contributed by atoms with Crippen molar-refractivity contribution < 1.29 is 14.3 Å². The van der Waals surface area contributed by atoms with E-state index in [9.17, 15) is 9.59 Å². The number of aromatic nitrogens is 2. The van der Waals surface area contributed by atoms with Crippen LogP contribution in [0.1, 0.15) is 57.8 Å². The predicted molar refractivity (Wildman–Crippen MR) is 150 cm³/mol. The lowest BCUT2D eigenvalue weighted by Crippen LogP contribution is -2.40. The maximum atomic E-state index is 14.0. The van der Waals surface area contributed by atoms with Crippen molar-refractivity contribution >= 4 is 34.3 Å². The van der Waals surface area contributed by atoms with Crippen molar-refractivity contribution in [3.8, 4) is 5.75 Å². The maximum absolute atomic E-state index is 14.0. The van der Waals surface area contributed by atoms with Gasteiger partial charge in [-0.05, 0) is 52.8 Å². The van der Waals surface area contributed by atoms with Gasteiger partial charge in [-0.1, -0.05) is 47.7 Å². The Balaban J connectivity index is 1.77. The van der Waals surface area contributed by atoms with Crippen LogP contribution in [0.4, 0.5) is 0 Å². The van der Waals surface area contributed by atoms with Crippen LogP contribution in [-0.4, -0.2) is 28.3 Å². The van der Waals surface area contributed by atoms with Gasteiger partial charge in [0, 0.05) is 34.3 Å². The van der Waals surface area contributed by atoms with Crippen LogP contribution in [0.5, 0.6) is 5.75 Å². The first kappa shape index (κ1) is 25.7. The molecule has 0 saturated heterocycles. The van der Waals surface area contributed by atoms with Gasteiger partial charge in [0.15, 0.2) is 4.80 Å². The number of thiazole rings is 1. The van der Waals surface area contributed by atoms with Gasteiger partial charge in [0.1, 0.15) is 11.8 Å². The molecule has 0 radical (unpaired) electrons. The van der Waals surface area contributed by atoms with Crippen LogP contribution in [0.15, 0.2) is 75.8 Å². The number of esters is 1. The standard InChI is InChI=1S/C30H31N3O4S/c1-6-36-24-15-11-9-13-22(24)27-26(29(35)37-7-2)19(5)31-30-33(27)28(34)25(38-30)16-20-17-32(18(3)4)23-14-10-8-12-21(20)23/h8-18,27H,6-7H2,1-5H3. The largest absolute Gasteiger partial charge is 0.494 e. The molecule has 38 heavy (non-hydrogen) atoms. The molecule has 5 rings (SSSR count). The molecule has 7 nitrogen and oxygen atoms in total. The molecule has 1 atom stereocenters. The van der Waals surface area contributed by atoms with Crippen molar-refractivity contribution in [3.63, 3.8) is 0 Å². The zero-order chi connectivity index (χ0) is 27.0. The summed E-state index contributed by atoms with van der Waals surface area (Å²) in [5.74, 6) is 0.130. The molecular formula is C30H31N3O4S. The molecule has 0 amide bonds. The van der Waals surface area contributed by atoms with Gasteiger partial charge < -0.3 is 14.0 Å². The number of para-hydroxylation sites is 2. The van der Waals surface area contributed by atoms with E-state index in [0.717, 1.165) is 22.0 Å². The Morgan fingerprint density at radius 3 is 2.58 bits per heavy atom. The second-order valence-corrected chi connectivity index (χ2v) is 10.4. The van der Waals surface area contributed by atoms with Crippen molar-refractivity contribution in [3.05, 3.63) is 96.8 Å². The molecular weight excluding hydrogens is 498 g/mol. The fraction of sp³-hybridized carbons (Fsp3) is 0.300. The first-order valence-corrected chi connectivity index (χ1v) is 13.7. The number of rotatable bonds is 7. The van der Waals surface area contributed by atoms with Crippen LogP contribution in [0, 0.1) is 0 Å². The molecule has 2 aromatic heterocycles. The predicted octanol–water partition coefficient (Wildman–Crippen LogP) is 4.73. The maximum Gasteiger partial charge on any atom is 0.338 e. The van der Waals surface area contributed by atoms with Crippen LogP contribution >= 0.6 is 11.3 Å². The topological polar surface area (TPSA) is 74.8 Å². The molecule has 0 saturated carbocycles. The fourth-order valence-electron chi connectivity index (χ4n) is 4.99. The van der Waals surface area contributed by atoms with E-state index in [1.807, 2.05) is 49.4 Å². The van der Waals surface area contributed by atoms with E-state index >= 15 is 0 Å². The summed E-state index contributed by atoms with van der Waals surface area (Å²) in [4.78, 5) is 32.5. The number of fused-ring (bicyclic) bond motifs is 2. The fourth-order valence-corrected chi connectivity index (χ4v) is 6.03. The molecule has 0 N–H and O–H groups in total. The number of allylic oxidation sites excluding steroid dienone is 1. The summed E-state index contributed by atoms with van der Waals surface area (Å²) >= 11 is 1.32. The Morgan fingerprint density at radius 1 is 1.11 bits per heavy atom. The van der Waals surface area contributed by atoms with Gasteiger partial charge in [0.2, 0.25) is 0 Å². The van der Waals surface area contributed by atoms with Crippen molar-refractivity contribution in [2.24, 2.45) is 4.99 Å². The quantitative estimate of drug-likeness (QED) is 0.325. The van der Waals surface area contributed by atoms with Gasteiger partial charge in [-0.25, -0.2) is 9.79 Å². The van der Waals surface area contributed by atoms with E-state index in [0.29, 0.717) is 33.0 Å². The highest BCUT2D eigenvalue weighted by molar-refractivity contribution is 7.07. The molecule has 0 fully saturated rings. The van der Waals surface area contributed by atoms with Gasteiger partial charge in [-0.3, -0.25) is 9.36 Å². The normalized spacial score (nSPS) is 15.6. The minimum absolute atomic E-state index is 0.208. The van der Waals surface area contributed by atoms with E-state index in [2.05, 4.69) is 36.7 Å². The van der Waals surface area contributed by atoms with Crippen molar-refractivity contribution in [1.29, 1.82) is 0 Å². The monoisotopic (exact) mass is 529 g/mol. The zero-order valence-corrected chi connectivity index (χ0v) is 23.0. The van der Waals surface area contributed by atoms with Crippen LogP contribution in [0.25, 0.3) is 17.0 Å². The van der Waals surface area contributed by atoms with E-state index in [-0.39, 0.29) is 18.2 Å². The van der Waals surface area contributed by atoms with E-state index < -0.39 is 12.0 Å². The molecule has 1 unspecified atom stereocenters. The minimum Gasteiger partial charge on any atom is -0.494 e. The summed E-state index contributed by atoms with van der Waals surface area (Å²) in [6, 6.07) is 15.2. The van der Waals surface area contributed by atoms with Gasteiger partial charge in [-0.15, -0.1) is 0 Å². The summed E-state index contributed by atoms with van der Waals surface area (Å²) in [5.41, 5.74) is 3.47. The molecule has 0 spiro atoms. The average Bonchev–Trinajstić information content (AvgIpc) is 3.41. The lowest BCUT2D eigenvalue weighted by molar-refractivity contribution is -0.139. The number of carbonyl (C=O) groups is 1. The van der Waals surface area contributed by atoms with Gasteiger partial charge in [0.05, 0.1) is 29.0 Å². The third kappa shape index (κ3) is 4.39. The van der Waals surface area contributed by atoms with E-state index in [4.69, 9.17) is 14.5 Å². The molecule has 0 aliphatic carbocycles. The average molecular weight is 530 g/mol. The zero-order valence-electron chi connectivity index (χ0n) is 22.2. The summed E-state index contributed by atoms with van der Waals surface area (Å²) in [7, 11) is 0. The van der Waals surface area contributed by atoms with Gasteiger partial charge in [-0.2, -0.15) is 0 Å². The van der Waals surface area contributed by atoms with Crippen molar-refractivity contribution in [2.75, 3.05) is 13.2 Å². The molecule has 1 aliphatic heterocycles. The Hall–Kier alpha value is -3.91. The summed E-state index contributed by atoms with van der Waals surface area (Å²) in [6.45, 7) is 10.4. The summed E-state index contributed by atoms with van der Waals surface area (Å²) in [5, 5.41) is 1.08. The smallest absolute Gasteiger partial charge is 0.338 e. The first-order valence-electron chi connectivity index (χ1n) is 12.9. The van der Waals surface area contributed by atoms with Crippen molar-refractivity contribution in [2.45, 2.75) is 46.7 Å². The molecule has 196 valence electrons. The first-order chi connectivity index (χ1) is 18.3. The van der Waals surface area contributed by atoms with Crippen molar-refractivity contribution in [1.82, 2.24) is 9.13 Å². The molecule has 2 aromatic carbocycles. The number of ether oxygens (including phenoxy) is 2. The molecule has 8 heteroatoms. The highest BCUT2D eigenvalue weighted by atomic mass is 32.1. The Morgan fingerprint density at radius 2 is 1.84 bits per heavy atom. The third-order valence-corrected chi connectivity index (χ3v) is 7.63. The highest BCUT2D eigenvalue weighted by Crippen LogP contribution is 2.36. The summed E-state index contributed by atoms with van der Waals surface area (Å²) < 4.78 is 15.7. The third-order valence-electron chi connectivity index (χ3n) is 6.64. The number of benzene rings is 2. The van der Waals surface area contributed by atoms with Gasteiger partial charge in [0.25, 0.3) is 5.56 Å². The lowest BCUT2D eigenvalue weighted by atomic mass is 9.95. The van der Waals surface area contributed by atoms with Crippen LogP contribution < -0.4 is 19.6 Å². The van der Waals surface area contributed by atoms with Gasteiger partial charge >= 0.3 is 5.97 Å². The van der Waals surface area contributed by atoms with Crippen LogP contribution in [0.2, 0.25) is 0 Å². The van der Waals surface area contributed by atoms with E-state index in [1.54, 1.807) is 18.4 Å². The molecule has 3 heterocycles. The molecule has 4 aromatic rings. The number of hydrogen-bond donors (Lipinski definition) is 0. The summed E-state index contributed by atoms with van der Waals surface area (Å²) in [6.07, 6.45) is 4.02. The second-order valence-electron chi connectivity index (χ2n) is 9.38.